The summed E-state index contributed by atoms with van der Waals surface area (Å²) < 4.78 is 51.5. The minimum absolute atomic E-state index is 0. The van der Waals surface area contributed by atoms with Gasteiger partial charge in [0.05, 0.1) is 5.56 Å². The summed E-state index contributed by atoms with van der Waals surface area (Å²) in [5.74, 6) is -0.790. The molecular weight excluding hydrogens is 286 g/mol. The molecule has 1 aromatic carbocycles. The highest BCUT2D eigenvalue weighted by Crippen LogP contribution is 2.39. The molecule has 1 aromatic rings. The van der Waals surface area contributed by atoms with Crippen LogP contribution in [0.2, 0.25) is 0 Å². The van der Waals surface area contributed by atoms with Crippen LogP contribution in [0.5, 0.6) is 0 Å². The molecule has 0 radical (unpaired) electrons. The molecule has 0 aliphatic carbocycles. The standard InChI is InChI=1S/C12H15F4NO.ClH/c1-11(2,6-18)10(17)8-5-7(13)3-4-9(8)12(14,15)16;/h3-5,10,18H,6,17H2,1-2H3;1H/t10-;/m1./s1. The lowest BCUT2D eigenvalue weighted by Gasteiger charge is -2.31. The zero-order valence-electron chi connectivity index (χ0n) is 10.5. The molecule has 0 spiro atoms. The fraction of sp³-hybridized carbons (Fsp3) is 0.500. The van der Waals surface area contributed by atoms with Crippen LogP contribution in [0.15, 0.2) is 18.2 Å². The topological polar surface area (TPSA) is 46.2 Å². The summed E-state index contributed by atoms with van der Waals surface area (Å²) in [5, 5.41) is 9.13. The van der Waals surface area contributed by atoms with E-state index >= 15 is 0 Å². The van der Waals surface area contributed by atoms with E-state index in [2.05, 4.69) is 0 Å². The molecule has 1 rings (SSSR count). The summed E-state index contributed by atoms with van der Waals surface area (Å²) in [6.45, 7) is 2.63. The molecule has 1 atom stereocenters. The first-order chi connectivity index (χ1) is 8.09. The maximum absolute atomic E-state index is 13.1. The lowest BCUT2D eigenvalue weighted by atomic mass is 9.80. The molecule has 19 heavy (non-hydrogen) atoms. The van der Waals surface area contributed by atoms with Crippen molar-refractivity contribution >= 4 is 12.4 Å². The first kappa shape index (κ1) is 18.1. The second-order valence-corrected chi connectivity index (χ2v) is 4.85. The summed E-state index contributed by atoms with van der Waals surface area (Å²) >= 11 is 0. The number of hydrogen-bond donors (Lipinski definition) is 2. The van der Waals surface area contributed by atoms with Crippen LogP contribution in [0.25, 0.3) is 0 Å². The minimum atomic E-state index is -4.60. The number of nitrogens with two attached hydrogens (primary N) is 1. The van der Waals surface area contributed by atoms with Crippen molar-refractivity contribution in [1.82, 2.24) is 0 Å². The van der Waals surface area contributed by atoms with E-state index in [1.54, 1.807) is 0 Å². The van der Waals surface area contributed by atoms with Gasteiger partial charge in [-0.15, -0.1) is 12.4 Å². The zero-order valence-corrected chi connectivity index (χ0v) is 11.3. The zero-order chi connectivity index (χ0) is 14.1. The largest absolute Gasteiger partial charge is 0.416 e. The maximum Gasteiger partial charge on any atom is 0.416 e. The number of aliphatic hydroxyl groups excluding tert-OH is 1. The van der Waals surface area contributed by atoms with Gasteiger partial charge in [-0.3, -0.25) is 0 Å². The van der Waals surface area contributed by atoms with Crippen molar-refractivity contribution in [2.24, 2.45) is 11.1 Å². The Bertz CT molecular complexity index is 434. The van der Waals surface area contributed by atoms with E-state index in [0.29, 0.717) is 6.07 Å². The van der Waals surface area contributed by atoms with Gasteiger partial charge < -0.3 is 10.8 Å². The second-order valence-electron chi connectivity index (χ2n) is 4.85. The fourth-order valence-electron chi connectivity index (χ4n) is 1.57. The molecule has 3 N–H and O–H groups in total. The highest BCUT2D eigenvalue weighted by atomic mass is 35.5. The van der Waals surface area contributed by atoms with Crippen molar-refractivity contribution in [3.05, 3.63) is 35.1 Å². The summed E-state index contributed by atoms with van der Waals surface area (Å²) in [6.07, 6.45) is -4.60. The quantitative estimate of drug-likeness (QED) is 0.842. The molecule has 0 saturated heterocycles. The molecule has 0 fully saturated rings. The Labute approximate surface area is 115 Å². The molecule has 0 unspecified atom stereocenters. The average Bonchev–Trinajstić information content (AvgIpc) is 2.26. The average molecular weight is 302 g/mol. The van der Waals surface area contributed by atoms with Gasteiger partial charge >= 0.3 is 6.18 Å². The van der Waals surface area contributed by atoms with Crippen LogP contribution in [0.4, 0.5) is 17.6 Å². The molecule has 110 valence electrons. The molecule has 0 amide bonds. The summed E-state index contributed by atoms with van der Waals surface area (Å²) in [4.78, 5) is 0. The normalized spacial score (nSPS) is 13.9. The summed E-state index contributed by atoms with van der Waals surface area (Å²) in [5.41, 5.74) is 3.42. The van der Waals surface area contributed by atoms with Crippen LogP contribution >= 0.6 is 12.4 Å². The third kappa shape index (κ3) is 4.06. The van der Waals surface area contributed by atoms with Gasteiger partial charge in [0.15, 0.2) is 0 Å². The lowest BCUT2D eigenvalue weighted by molar-refractivity contribution is -0.138. The number of rotatable bonds is 3. The van der Waals surface area contributed by atoms with E-state index in [-0.39, 0.29) is 18.0 Å². The molecule has 0 aliphatic rings. The highest BCUT2D eigenvalue weighted by Gasteiger charge is 2.38. The SMILES string of the molecule is CC(C)(CO)[C@H](N)c1cc(F)ccc1C(F)(F)F.Cl. The van der Waals surface area contributed by atoms with Crippen LogP contribution < -0.4 is 5.73 Å². The molecule has 0 aliphatic heterocycles. The van der Waals surface area contributed by atoms with Crippen LogP contribution in [-0.4, -0.2) is 11.7 Å². The summed E-state index contributed by atoms with van der Waals surface area (Å²) in [7, 11) is 0. The summed E-state index contributed by atoms with van der Waals surface area (Å²) in [6, 6.07) is 1.06. The molecular formula is C12H16ClF4NO. The van der Waals surface area contributed by atoms with Gasteiger partial charge in [-0.1, -0.05) is 13.8 Å². The van der Waals surface area contributed by atoms with Crippen molar-refractivity contribution in [3.63, 3.8) is 0 Å². The smallest absolute Gasteiger partial charge is 0.396 e. The van der Waals surface area contributed by atoms with Gasteiger partial charge in [0.2, 0.25) is 0 Å². The van der Waals surface area contributed by atoms with Gasteiger partial charge in [0.1, 0.15) is 5.82 Å². The number of benzene rings is 1. The lowest BCUT2D eigenvalue weighted by Crippen LogP contribution is -2.34. The Morgan fingerprint density at radius 2 is 1.79 bits per heavy atom. The van der Waals surface area contributed by atoms with Crippen LogP contribution in [0.3, 0.4) is 0 Å². The van der Waals surface area contributed by atoms with Gasteiger partial charge in [0.25, 0.3) is 0 Å². The maximum atomic E-state index is 13.1. The Kier molecular flexibility index (Phi) is 5.80. The number of alkyl halides is 3. The van der Waals surface area contributed by atoms with Gasteiger partial charge in [-0.2, -0.15) is 13.2 Å². The fourth-order valence-corrected chi connectivity index (χ4v) is 1.57. The van der Waals surface area contributed by atoms with Crippen molar-refractivity contribution < 1.29 is 22.7 Å². The molecule has 7 heteroatoms. The Morgan fingerprint density at radius 3 is 2.21 bits per heavy atom. The van der Waals surface area contributed by atoms with Crippen LogP contribution in [-0.2, 0) is 6.18 Å². The van der Waals surface area contributed by atoms with Crippen molar-refractivity contribution in [3.8, 4) is 0 Å². The van der Waals surface area contributed by atoms with Crippen LogP contribution in [0, 0.1) is 11.2 Å². The third-order valence-corrected chi connectivity index (χ3v) is 2.90. The van der Waals surface area contributed by atoms with Gasteiger partial charge in [0, 0.05) is 18.1 Å². The molecule has 0 saturated carbocycles. The minimum Gasteiger partial charge on any atom is -0.396 e. The van der Waals surface area contributed by atoms with E-state index in [9.17, 15) is 17.6 Å². The first-order valence-electron chi connectivity index (χ1n) is 5.32. The number of halogens is 5. The Morgan fingerprint density at radius 1 is 1.26 bits per heavy atom. The third-order valence-electron chi connectivity index (χ3n) is 2.90. The molecule has 0 aromatic heterocycles. The van der Waals surface area contributed by atoms with E-state index in [1.807, 2.05) is 0 Å². The highest BCUT2D eigenvalue weighted by molar-refractivity contribution is 5.85. The molecule has 2 nitrogen and oxygen atoms in total. The molecule has 0 bridgehead atoms. The second kappa shape index (κ2) is 6.07. The monoisotopic (exact) mass is 301 g/mol. The predicted octanol–water partition coefficient (Wildman–Crippen LogP) is 3.28. The predicted molar refractivity (Wildman–Crippen MR) is 66.4 cm³/mol. The van der Waals surface area contributed by atoms with E-state index in [0.717, 1.165) is 12.1 Å². The van der Waals surface area contributed by atoms with Crippen molar-refractivity contribution in [1.29, 1.82) is 0 Å². The van der Waals surface area contributed by atoms with Crippen molar-refractivity contribution in [2.45, 2.75) is 26.1 Å². The number of aliphatic hydroxyl groups is 1. The Balaban J connectivity index is 0.00000324. The van der Waals surface area contributed by atoms with E-state index in [1.165, 1.54) is 13.8 Å². The van der Waals surface area contributed by atoms with Gasteiger partial charge in [-0.25, -0.2) is 4.39 Å². The first-order valence-corrected chi connectivity index (χ1v) is 5.32. The van der Waals surface area contributed by atoms with Crippen molar-refractivity contribution in [2.75, 3.05) is 6.61 Å². The number of hydrogen-bond acceptors (Lipinski definition) is 2. The van der Waals surface area contributed by atoms with Gasteiger partial charge in [-0.05, 0) is 23.8 Å². The van der Waals surface area contributed by atoms with Crippen LogP contribution in [0.1, 0.15) is 31.0 Å². The van der Waals surface area contributed by atoms with E-state index in [4.69, 9.17) is 10.8 Å². The van der Waals surface area contributed by atoms with E-state index < -0.39 is 35.6 Å². The molecule has 0 heterocycles. The Hall–Kier alpha value is -0.850.